The lowest BCUT2D eigenvalue weighted by atomic mass is 10.1. The van der Waals surface area contributed by atoms with E-state index in [1.54, 1.807) is 26.0 Å². The van der Waals surface area contributed by atoms with Crippen molar-refractivity contribution in [1.82, 2.24) is 4.98 Å². The Hall–Kier alpha value is -2.26. The van der Waals surface area contributed by atoms with Gasteiger partial charge in [-0.05, 0) is 24.6 Å². The van der Waals surface area contributed by atoms with Gasteiger partial charge in [-0.25, -0.2) is 18.2 Å². The van der Waals surface area contributed by atoms with Crippen LogP contribution in [0.15, 0.2) is 34.5 Å². The maximum Gasteiger partial charge on any atom is 0.357 e. The molecule has 0 radical (unpaired) electrons. The third-order valence-electron chi connectivity index (χ3n) is 3.26. The first kappa shape index (κ1) is 19.1. The topological polar surface area (TPSA) is 102 Å². The summed E-state index contributed by atoms with van der Waals surface area (Å²) < 4.78 is 28.3. The lowest BCUT2D eigenvalue weighted by Gasteiger charge is -2.04. The third kappa shape index (κ3) is 5.10. The lowest BCUT2D eigenvalue weighted by molar-refractivity contribution is -0.115. The number of carbonyl (C=O) groups is 2. The van der Waals surface area contributed by atoms with Gasteiger partial charge in [-0.2, -0.15) is 0 Å². The van der Waals surface area contributed by atoms with Crippen molar-refractivity contribution in [3.8, 4) is 0 Å². The maximum atomic E-state index is 12.0. The number of ether oxygens (including phenoxy) is 1. The molecule has 0 atom stereocenters. The molecule has 0 aliphatic heterocycles. The highest BCUT2D eigenvalue weighted by atomic mass is 32.2. The van der Waals surface area contributed by atoms with Gasteiger partial charge in [-0.1, -0.05) is 19.1 Å². The quantitative estimate of drug-likeness (QED) is 0.737. The number of sulfone groups is 1. The summed E-state index contributed by atoms with van der Waals surface area (Å²) in [4.78, 5) is 27.8. The van der Waals surface area contributed by atoms with Crippen LogP contribution in [-0.4, -0.2) is 37.6 Å². The number of nitrogens with zero attached hydrogens (tertiary/aromatic N) is 1. The maximum absolute atomic E-state index is 12.0. The van der Waals surface area contributed by atoms with Crippen molar-refractivity contribution in [1.29, 1.82) is 0 Å². The summed E-state index contributed by atoms with van der Waals surface area (Å²) in [6, 6.07) is 6.19. The van der Waals surface area contributed by atoms with Gasteiger partial charge < -0.3 is 10.1 Å². The van der Waals surface area contributed by atoms with Crippen LogP contribution in [0.1, 0.15) is 29.9 Å². The van der Waals surface area contributed by atoms with Crippen LogP contribution in [0.2, 0.25) is 0 Å². The molecule has 134 valence electrons. The molecule has 0 aliphatic rings. The molecule has 1 aromatic carbocycles. The van der Waals surface area contributed by atoms with E-state index in [0.717, 1.165) is 11.3 Å². The number of hydrogen-bond acceptors (Lipinski definition) is 7. The monoisotopic (exact) mass is 382 g/mol. The van der Waals surface area contributed by atoms with Crippen LogP contribution >= 0.6 is 11.3 Å². The van der Waals surface area contributed by atoms with Gasteiger partial charge in [0, 0.05) is 5.38 Å². The van der Waals surface area contributed by atoms with Crippen LogP contribution in [0.4, 0.5) is 5.13 Å². The van der Waals surface area contributed by atoms with Crippen molar-refractivity contribution in [3.63, 3.8) is 0 Å². The Balaban J connectivity index is 1.97. The van der Waals surface area contributed by atoms with Crippen molar-refractivity contribution in [2.45, 2.75) is 25.2 Å². The van der Waals surface area contributed by atoms with Crippen LogP contribution < -0.4 is 5.32 Å². The summed E-state index contributed by atoms with van der Waals surface area (Å²) in [5.74, 6) is -0.817. The minimum atomic E-state index is -3.25. The summed E-state index contributed by atoms with van der Waals surface area (Å²) in [6.07, 6.45) is 0.0702. The van der Waals surface area contributed by atoms with Gasteiger partial charge in [-0.3, -0.25) is 4.79 Å². The number of hydrogen-bond donors (Lipinski definition) is 1. The van der Waals surface area contributed by atoms with Gasteiger partial charge in [0.2, 0.25) is 5.91 Å². The van der Waals surface area contributed by atoms with E-state index >= 15 is 0 Å². The normalized spacial score (nSPS) is 11.1. The third-order valence-corrected chi connectivity index (χ3v) is 5.77. The highest BCUT2D eigenvalue weighted by Crippen LogP contribution is 2.17. The molecule has 0 aliphatic carbocycles. The molecule has 0 bridgehead atoms. The van der Waals surface area contributed by atoms with Crippen molar-refractivity contribution in [2.75, 3.05) is 17.7 Å². The smallest absolute Gasteiger partial charge is 0.357 e. The molecule has 2 rings (SSSR count). The molecular formula is C16H18N2O5S2. The summed E-state index contributed by atoms with van der Waals surface area (Å²) in [6.45, 7) is 3.53. The largest absolute Gasteiger partial charge is 0.461 e. The molecule has 0 fully saturated rings. The predicted octanol–water partition coefficient (Wildman–Crippen LogP) is 2.29. The number of carbonyl (C=O) groups excluding carboxylic acids is 2. The number of anilines is 1. The van der Waals surface area contributed by atoms with E-state index in [4.69, 9.17) is 4.74 Å². The Morgan fingerprint density at radius 1 is 1.20 bits per heavy atom. The number of benzene rings is 1. The molecule has 1 amide bonds. The van der Waals surface area contributed by atoms with Gasteiger partial charge >= 0.3 is 5.97 Å². The van der Waals surface area contributed by atoms with Crippen LogP contribution in [0, 0.1) is 0 Å². The Kier molecular flexibility index (Phi) is 6.27. The number of nitrogens with one attached hydrogen (secondary N) is 1. The van der Waals surface area contributed by atoms with Crippen molar-refractivity contribution in [3.05, 3.63) is 40.9 Å². The lowest BCUT2D eigenvalue weighted by Crippen LogP contribution is -2.15. The number of esters is 1. The molecule has 9 heteroatoms. The van der Waals surface area contributed by atoms with Crippen LogP contribution in [0.5, 0.6) is 0 Å². The van der Waals surface area contributed by atoms with Crippen LogP contribution in [0.3, 0.4) is 0 Å². The Morgan fingerprint density at radius 2 is 1.88 bits per heavy atom. The van der Waals surface area contributed by atoms with Crippen molar-refractivity contribution < 1.29 is 22.7 Å². The summed E-state index contributed by atoms with van der Waals surface area (Å²) in [7, 11) is -3.25. The summed E-state index contributed by atoms with van der Waals surface area (Å²) in [5.41, 5.74) is 0.825. The molecule has 0 saturated carbocycles. The zero-order valence-corrected chi connectivity index (χ0v) is 15.4. The molecule has 0 saturated heterocycles. The molecule has 0 spiro atoms. The first-order chi connectivity index (χ1) is 11.9. The average molecular weight is 382 g/mol. The van der Waals surface area contributed by atoms with Crippen molar-refractivity contribution >= 4 is 38.2 Å². The van der Waals surface area contributed by atoms with E-state index < -0.39 is 15.8 Å². The van der Waals surface area contributed by atoms with E-state index in [1.165, 1.54) is 17.5 Å². The first-order valence-electron chi connectivity index (χ1n) is 7.60. The van der Waals surface area contributed by atoms with Gasteiger partial charge in [0.25, 0.3) is 0 Å². The number of rotatable bonds is 7. The molecule has 1 N–H and O–H groups in total. The van der Waals surface area contributed by atoms with E-state index in [2.05, 4.69) is 10.3 Å². The fourth-order valence-electron chi connectivity index (χ4n) is 1.96. The average Bonchev–Trinajstić information content (AvgIpc) is 3.04. The Labute approximate surface area is 150 Å². The molecule has 0 unspecified atom stereocenters. The van der Waals surface area contributed by atoms with E-state index in [0.29, 0.717) is 10.7 Å². The Bertz CT molecular complexity index is 857. The fourth-order valence-corrected chi connectivity index (χ4v) is 3.54. The fraction of sp³-hybridized carbons (Fsp3) is 0.312. The molecule has 25 heavy (non-hydrogen) atoms. The summed E-state index contributed by atoms with van der Waals surface area (Å²) in [5, 5.41) is 4.42. The van der Waals surface area contributed by atoms with Crippen LogP contribution in [0.25, 0.3) is 0 Å². The highest BCUT2D eigenvalue weighted by molar-refractivity contribution is 7.91. The predicted molar refractivity (Wildman–Crippen MR) is 94.6 cm³/mol. The van der Waals surface area contributed by atoms with Crippen molar-refractivity contribution in [2.24, 2.45) is 0 Å². The summed E-state index contributed by atoms with van der Waals surface area (Å²) >= 11 is 1.13. The van der Waals surface area contributed by atoms with E-state index in [-0.39, 0.29) is 35.3 Å². The first-order valence-corrected chi connectivity index (χ1v) is 10.1. The minimum Gasteiger partial charge on any atom is -0.461 e. The number of thiazole rings is 1. The molecular weight excluding hydrogens is 364 g/mol. The van der Waals surface area contributed by atoms with Crippen LogP contribution in [-0.2, 0) is 25.8 Å². The van der Waals surface area contributed by atoms with E-state index in [1.807, 2.05) is 0 Å². The zero-order valence-electron chi connectivity index (χ0n) is 13.8. The SMILES string of the molecule is CCOC(=O)c1csc(NC(=O)Cc2ccc(S(=O)(=O)CC)cc2)n1. The molecule has 1 heterocycles. The minimum absolute atomic E-state index is 0.0275. The molecule has 2 aromatic rings. The van der Waals surface area contributed by atoms with Gasteiger partial charge in [0.1, 0.15) is 0 Å². The second kappa shape index (κ2) is 8.21. The van der Waals surface area contributed by atoms with Gasteiger partial charge in [0.15, 0.2) is 20.7 Å². The molecule has 7 nitrogen and oxygen atoms in total. The number of aromatic nitrogens is 1. The van der Waals surface area contributed by atoms with Gasteiger partial charge in [0.05, 0.1) is 23.7 Å². The molecule has 1 aromatic heterocycles. The standard InChI is InChI=1S/C16H18N2O5S2/c1-3-23-15(20)13-10-24-16(17-13)18-14(19)9-11-5-7-12(8-6-11)25(21,22)4-2/h5-8,10H,3-4,9H2,1-2H3,(H,17,18,19). The zero-order chi connectivity index (χ0) is 18.4. The second-order valence-electron chi connectivity index (χ2n) is 5.03. The Morgan fingerprint density at radius 3 is 2.48 bits per heavy atom. The van der Waals surface area contributed by atoms with E-state index in [9.17, 15) is 18.0 Å². The highest BCUT2D eigenvalue weighted by Gasteiger charge is 2.14. The second-order valence-corrected chi connectivity index (χ2v) is 8.17. The number of amides is 1. The van der Waals surface area contributed by atoms with Gasteiger partial charge in [-0.15, -0.1) is 11.3 Å².